The van der Waals surface area contributed by atoms with Crippen LogP contribution in [0.25, 0.3) is 0 Å². The molecule has 1 aromatic carbocycles. The summed E-state index contributed by atoms with van der Waals surface area (Å²) in [7, 11) is 0. The van der Waals surface area contributed by atoms with Gasteiger partial charge >= 0.3 is 0 Å². The van der Waals surface area contributed by atoms with Crippen LogP contribution in [0.5, 0.6) is 0 Å². The number of hydrogen-bond acceptors (Lipinski definition) is 2. The Labute approximate surface area is 90.5 Å². The zero-order valence-corrected chi connectivity index (χ0v) is 8.76. The minimum Gasteiger partial charge on any atom is -0.396 e. The smallest absolute Gasteiger partial charge is 0.0684 e. The van der Waals surface area contributed by atoms with Crippen LogP contribution in [0.15, 0.2) is 30.3 Å². The molecule has 0 fully saturated rings. The van der Waals surface area contributed by atoms with Gasteiger partial charge in [0.1, 0.15) is 0 Å². The van der Waals surface area contributed by atoms with Gasteiger partial charge in [0, 0.05) is 13.2 Å². The molecule has 0 spiro atoms. The van der Waals surface area contributed by atoms with E-state index in [0.717, 1.165) is 5.56 Å². The third-order valence-corrected chi connectivity index (χ3v) is 2.54. The third kappa shape index (κ3) is 4.00. The maximum Gasteiger partial charge on any atom is 0.0684 e. The monoisotopic (exact) mass is 208 g/mol. The maximum absolute atomic E-state index is 9.45. The molecule has 0 amide bonds. The highest BCUT2D eigenvalue weighted by atomic mass is 16.3. The summed E-state index contributed by atoms with van der Waals surface area (Å²) < 4.78 is 0. The lowest BCUT2D eigenvalue weighted by Gasteiger charge is -2.18. The van der Waals surface area contributed by atoms with Gasteiger partial charge in [0.15, 0.2) is 0 Å². The molecule has 83 valence electrons. The molecule has 0 saturated heterocycles. The van der Waals surface area contributed by atoms with Crippen molar-refractivity contribution in [3.05, 3.63) is 35.9 Å². The lowest BCUT2D eigenvalue weighted by Crippen LogP contribution is -2.18. The Morgan fingerprint density at radius 3 is 2.40 bits per heavy atom. The SMILES string of the molecule is [NH]CC(O)CC(CCO)c1ccccc1. The van der Waals surface area contributed by atoms with Crippen molar-refractivity contribution in [2.45, 2.75) is 24.9 Å². The molecule has 0 aromatic heterocycles. The molecule has 0 bridgehead atoms. The topological polar surface area (TPSA) is 64.3 Å². The van der Waals surface area contributed by atoms with Crippen LogP contribution in [0.2, 0.25) is 0 Å². The number of aliphatic hydroxyl groups excluding tert-OH is 2. The average molecular weight is 208 g/mol. The van der Waals surface area contributed by atoms with Crippen LogP contribution >= 0.6 is 0 Å². The van der Waals surface area contributed by atoms with Crippen molar-refractivity contribution in [1.29, 1.82) is 0 Å². The summed E-state index contributed by atoms with van der Waals surface area (Å²) in [5, 5.41) is 18.4. The van der Waals surface area contributed by atoms with Crippen LogP contribution in [-0.2, 0) is 0 Å². The van der Waals surface area contributed by atoms with E-state index in [4.69, 9.17) is 10.8 Å². The Morgan fingerprint density at radius 2 is 1.87 bits per heavy atom. The fraction of sp³-hybridized carbons (Fsp3) is 0.500. The standard InChI is InChI=1S/C12H18NO2/c13-9-12(15)8-11(6-7-14)10-4-2-1-3-5-10/h1-5,11-15H,6-9H2. The second kappa shape index (κ2) is 6.56. The molecule has 0 aliphatic rings. The lowest BCUT2D eigenvalue weighted by atomic mass is 9.90. The van der Waals surface area contributed by atoms with Gasteiger partial charge < -0.3 is 10.2 Å². The van der Waals surface area contributed by atoms with Gasteiger partial charge in [0.2, 0.25) is 0 Å². The van der Waals surface area contributed by atoms with Crippen LogP contribution in [0.1, 0.15) is 24.3 Å². The molecule has 3 N–H and O–H groups in total. The molecule has 15 heavy (non-hydrogen) atoms. The first-order chi connectivity index (χ1) is 7.27. The van der Waals surface area contributed by atoms with E-state index in [9.17, 15) is 5.11 Å². The summed E-state index contributed by atoms with van der Waals surface area (Å²) in [5.74, 6) is 0.150. The van der Waals surface area contributed by atoms with Crippen LogP contribution < -0.4 is 5.73 Å². The Hall–Kier alpha value is -0.900. The van der Waals surface area contributed by atoms with Crippen molar-refractivity contribution < 1.29 is 10.2 Å². The van der Waals surface area contributed by atoms with Crippen molar-refractivity contribution >= 4 is 0 Å². The molecule has 2 unspecified atom stereocenters. The van der Waals surface area contributed by atoms with E-state index < -0.39 is 6.10 Å². The van der Waals surface area contributed by atoms with Crippen molar-refractivity contribution in [3.8, 4) is 0 Å². The fourth-order valence-electron chi connectivity index (χ4n) is 1.71. The van der Waals surface area contributed by atoms with Crippen molar-refractivity contribution in [2.24, 2.45) is 0 Å². The summed E-state index contributed by atoms with van der Waals surface area (Å²) in [6, 6.07) is 9.84. The van der Waals surface area contributed by atoms with Crippen molar-refractivity contribution in [3.63, 3.8) is 0 Å². The van der Waals surface area contributed by atoms with E-state index in [0.29, 0.717) is 12.8 Å². The van der Waals surface area contributed by atoms with Crippen molar-refractivity contribution in [1.82, 2.24) is 5.73 Å². The Morgan fingerprint density at radius 1 is 1.20 bits per heavy atom. The molecule has 0 aliphatic carbocycles. The van der Waals surface area contributed by atoms with Crippen LogP contribution in [0.4, 0.5) is 0 Å². The molecular weight excluding hydrogens is 190 g/mol. The first-order valence-corrected chi connectivity index (χ1v) is 5.26. The lowest BCUT2D eigenvalue weighted by molar-refractivity contribution is 0.153. The predicted octanol–water partition coefficient (Wildman–Crippen LogP) is 1.19. The first-order valence-electron chi connectivity index (χ1n) is 5.26. The summed E-state index contributed by atoms with van der Waals surface area (Å²) in [6.45, 7) is 0.138. The molecule has 3 heteroatoms. The van der Waals surface area contributed by atoms with Crippen LogP contribution in [0, 0.1) is 0 Å². The van der Waals surface area contributed by atoms with Crippen LogP contribution in [-0.4, -0.2) is 29.5 Å². The van der Waals surface area contributed by atoms with Gasteiger partial charge in [0.25, 0.3) is 0 Å². The zero-order chi connectivity index (χ0) is 11.1. The van der Waals surface area contributed by atoms with E-state index in [1.165, 1.54) is 0 Å². The minimum atomic E-state index is -0.596. The zero-order valence-electron chi connectivity index (χ0n) is 8.76. The van der Waals surface area contributed by atoms with Crippen LogP contribution in [0.3, 0.4) is 0 Å². The number of rotatable bonds is 6. The Bertz CT molecular complexity index is 264. The predicted molar refractivity (Wildman–Crippen MR) is 59.5 cm³/mol. The molecular formula is C12H18NO2. The normalized spacial score (nSPS) is 14.9. The number of hydrogen-bond donors (Lipinski definition) is 2. The average Bonchev–Trinajstić information content (AvgIpc) is 2.29. The molecule has 1 radical (unpaired) electrons. The minimum absolute atomic E-state index is 0.0226. The summed E-state index contributed by atoms with van der Waals surface area (Å²) >= 11 is 0. The summed E-state index contributed by atoms with van der Waals surface area (Å²) in [6.07, 6.45) is 0.594. The highest BCUT2D eigenvalue weighted by molar-refractivity contribution is 5.19. The maximum atomic E-state index is 9.45. The van der Waals surface area contributed by atoms with Gasteiger partial charge in [-0.25, -0.2) is 0 Å². The first kappa shape index (κ1) is 12.2. The third-order valence-electron chi connectivity index (χ3n) is 2.54. The van der Waals surface area contributed by atoms with Gasteiger partial charge in [-0.1, -0.05) is 30.3 Å². The quantitative estimate of drug-likeness (QED) is 0.737. The van der Waals surface area contributed by atoms with Gasteiger partial charge in [-0.3, -0.25) is 5.73 Å². The van der Waals surface area contributed by atoms with E-state index >= 15 is 0 Å². The number of aliphatic hydroxyl groups is 2. The highest BCUT2D eigenvalue weighted by Crippen LogP contribution is 2.24. The second-order valence-corrected chi connectivity index (χ2v) is 3.71. The van der Waals surface area contributed by atoms with E-state index in [-0.39, 0.29) is 19.1 Å². The summed E-state index contributed by atoms with van der Waals surface area (Å²) in [5.41, 5.74) is 8.21. The highest BCUT2D eigenvalue weighted by Gasteiger charge is 2.14. The molecule has 0 aliphatic heterocycles. The molecule has 0 heterocycles. The molecule has 2 atom stereocenters. The van der Waals surface area contributed by atoms with Crippen molar-refractivity contribution in [2.75, 3.05) is 13.2 Å². The number of nitrogens with one attached hydrogen (secondary N) is 1. The molecule has 1 aromatic rings. The van der Waals surface area contributed by atoms with Gasteiger partial charge in [0.05, 0.1) is 6.10 Å². The largest absolute Gasteiger partial charge is 0.396 e. The Kier molecular flexibility index (Phi) is 5.32. The molecule has 3 nitrogen and oxygen atoms in total. The molecule has 1 rings (SSSR count). The Balaban J connectivity index is 2.65. The van der Waals surface area contributed by atoms with Gasteiger partial charge in [-0.05, 0) is 24.3 Å². The molecule has 0 saturated carbocycles. The van der Waals surface area contributed by atoms with E-state index in [2.05, 4.69) is 0 Å². The fourth-order valence-corrected chi connectivity index (χ4v) is 1.71. The van der Waals surface area contributed by atoms with Gasteiger partial charge in [-0.15, -0.1) is 0 Å². The second-order valence-electron chi connectivity index (χ2n) is 3.71. The number of benzene rings is 1. The van der Waals surface area contributed by atoms with E-state index in [1.54, 1.807) is 0 Å². The van der Waals surface area contributed by atoms with Gasteiger partial charge in [-0.2, -0.15) is 0 Å². The summed E-state index contributed by atoms with van der Waals surface area (Å²) in [4.78, 5) is 0. The van der Waals surface area contributed by atoms with E-state index in [1.807, 2.05) is 30.3 Å².